The molecule has 0 aliphatic heterocycles. The van der Waals surface area contributed by atoms with Gasteiger partial charge in [0.15, 0.2) is 5.49 Å². The van der Waals surface area contributed by atoms with Gasteiger partial charge in [-0.25, -0.2) is 9.78 Å². The fourth-order valence-corrected chi connectivity index (χ4v) is 4.37. The number of carbonyl (C=O) groups is 2. The summed E-state index contributed by atoms with van der Waals surface area (Å²) in [6, 6.07) is 12.2. The molecule has 1 amide bonds. The van der Waals surface area contributed by atoms with Crippen LogP contribution in [0.4, 0.5) is 5.69 Å². The topological polar surface area (TPSA) is 151 Å². The molecule has 0 unspecified atom stereocenters. The molecular weight excluding hydrogens is 518 g/mol. The summed E-state index contributed by atoms with van der Waals surface area (Å²) >= 11 is 0. The molecule has 0 fully saturated rings. The van der Waals surface area contributed by atoms with E-state index in [1.54, 1.807) is 51.2 Å². The number of hydrogen-bond acceptors (Lipinski definition) is 8. The van der Waals surface area contributed by atoms with Crippen LogP contribution in [0, 0.1) is 24.0 Å². The first-order valence-electron chi connectivity index (χ1n) is 12.3. The molecule has 1 aromatic carbocycles. The lowest BCUT2D eigenvalue weighted by atomic mass is 10.1. The Labute approximate surface area is 226 Å². The fourth-order valence-electron chi connectivity index (χ4n) is 4.37. The smallest absolute Gasteiger partial charge is 0.341 e. The van der Waals surface area contributed by atoms with Gasteiger partial charge in [-0.1, -0.05) is 12.1 Å². The van der Waals surface area contributed by atoms with Gasteiger partial charge < -0.3 is 13.7 Å². The molecule has 5 aromatic rings. The maximum atomic E-state index is 13.6. The van der Waals surface area contributed by atoms with Crippen LogP contribution in [0.25, 0.3) is 16.7 Å². The zero-order chi connectivity index (χ0) is 28.6. The minimum Gasteiger partial charge on any atom is -0.467 e. The molecule has 5 rings (SSSR count). The number of fused-ring (bicyclic) bond motifs is 2. The van der Waals surface area contributed by atoms with Crippen LogP contribution in [0.1, 0.15) is 44.5 Å². The van der Waals surface area contributed by atoms with E-state index in [0.29, 0.717) is 17.0 Å². The van der Waals surface area contributed by atoms with E-state index in [1.807, 2.05) is 0 Å². The number of ether oxygens (including phenoxy) is 1. The van der Waals surface area contributed by atoms with E-state index in [9.17, 15) is 24.5 Å². The zero-order valence-corrected chi connectivity index (χ0v) is 21.8. The first-order chi connectivity index (χ1) is 19.2. The summed E-state index contributed by atoms with van der Waals surface area (Å²) in [5.74, 6) is -1.21. The Bertz CT molecular complexity index is 1950. The maximum absolute atomic E-state index is 13.6. The summed E-state index contributed by atoms with van der Waals surface area (Å²) in [6.07, 6.45) is 3.03. The number of aromatic nitrogens is 3. The Morgan fingerprint density at radius 3 is 2.60 bits per heavy atom. The van der Waals surface area contributed by atoms with Gasteiger partial charge in [0.2, 0.25) is 0 Å². The normalized spacial score (nSPS) is 11.7. The molecule has 4 heterocycles. The molecule has 0 saturated carbocycles. The van der Waals surface area contributed by atoms with Crippen LogP contribution < -0.4 is 11.0 Å². The van der Waals surface area contributed by atoms with Crippen molar-refractivity contribution < 1.29 is 23.7 Å². The summed E-state index contributed by atoms with van der Waals surface area (Å²) in [6.45, 7) is 4.97. The first kappa shape index (κ1) is 26.2. The molecule has 12 nitrogen and oxygen atoms in total. The van der Waals surface area contributed by atoms with Gasteiger partial charge in [-0.15, -0.1) is 0 Å². The van der Waals surface area contributed by atoms with Crippen molar-refractivity contribution in [1.82, 2.24) is 14.0 Å². The molecule has 0 bridgehead atoms. The number of esters is 1. The SMILES string of the molecule is CCOC(=O)c1cc2c(=O)n3cccc(C)c3nc2n(Cc2ccco2)c1=NC(=O)c1ccc(C)c([N+](=O)[O-])c1. The van der Waals surface area contributed by atoms with Crippen LogP contribution in [0.3, 0.4) is 0 Å². The van der Waals surface area contributed by atoms with Gasteiger partial charge in [0.05, 0.1) is 29.7 Å². The van der Waals surface area contributed by atoms with E-state index < -0.39 is 22.4 Å². The number of nitro benzene ring substituents is 1. The van der Waals surface area contributed by atoms with E-state index in [1.165, 1.54) is 33.4 Å². The summed E-state index contributed by atoms with van der Waals surface area (Å²) < 4.78 is 13.6. The zero-order valence-electron chi connectivity index (χ0n) is 21.8. The highest BCUT2D eigenvalue weighted by Gasteiger charge is 2.22. The second kappa shape index (κ2) is 10.4. The Morgan fingerprint density at radius 1 is 1.10 bits per heavy atom. The third kappa shape index (κ3) is 4.66. The van der Waals surface area contributed by atoms with Gasteiger partial charge in [-0.2, -0.15) is 4.99 Å². The lowest BCUT2D eigenvalue weighted by molar-refractivity contribution is -0.385. The average molecular weight is 542 g/mol. The summed E-state index contributed by atoms with van der Waals surface area (Å²) in [4.78, 5) is 60.0. The van der Waals surface area contributed by atoms with Gasteiger partial charge in [0.25, 0.3) is 17.2 Å². The Morgan fingerprint density at radius 2 is 1.90 bits per heavy atom. The van der Waals surface area contributed by atoms with Crippen molar-refractivity contribution in [3.05, 3.63) is 115 Å². The van der Waals surface area contributed by atoms with E-state index >= 15 is 0 Å². The molecule has 0 saturated heterocycles. The number of furan rings is 1. The molecule has 202 valence electrons. The third-order valence-corrected chi connectivity index (χ3v) is 6.35. The molecule has 12 heteroatoms. The highest BCUT2D eigenvalue weighted by Crippen LogP contribution is 2.20. The van der Waals surface area contributed by atoms with Crippen LogP contribution in [0.15, 0.2) is 75.2 Å². The maximum Gasteiger partial charge on any atom is 0.341 e. The summed E-state index contributed by atoms with van der Waals surface area (Å²) in [5, 5.41) is 11.6. The van der Waals surface area contributed by atoms with Crippen LogP contribution in [0.2, 0.25) is 0 Å². The molecule has 0 N–H and O–H groups in total. The molecule has 4 aromatic heterocycles. The van der Waals surface area contributed by atoms with Crippen molar-refractivity contribution >= 4 is 34.2 Å². The van der Waals surface area contributed by atoms with Crippen molar-refractivity contribution in [3.8, 4) is 0 Å². The number of rotatable bonds is 6. The van der Waals surface area contributed by atoms with Crippen molar-refractivity contribution in [2.45, 2.75) is 27.3 Å². The van der Waals surface area contributed by atoms with E-state index in [-0.39, 0.29) is 46.5 Å². The van der Waals surface area contributed by atoms with Crippen LogP contribution in [-0.4, -0.2) is 37.4 Å². The van der Waals surface area contributed by atoms with E-state index in [0.717, 1.165) is 11.6 Å². The largest absolute Gasteiger partial charge is 0.467 e. The Balaban J connectivity index is 1.89. The first-order valence-corrected chi connectivity index (χ1v) is 12.3. The molecule has 0 atom stereocenters. The van der Waals surface area contributed by atoms with Gasteiger partial charge in [-0.05, 0) is 56.7 Å². The third-order valence-electron chi connectivity index (χ3n) is 6.35. The quantitative estimate of drug-likeness (QED) is 0.136. The summed E-state index contributed by atoms with van der Waals surface area (Å²) in [7, 11) is 0. The standard InChI is InChI=1S/C28H23N5O7/c1-4-39-28(36)21-14-20-24(29-23-17(3)7-5-11-31(23)27(20)35)32(15-19-8-6-12-40-19)25(21)30-26(34)18-10-9-16(2)22(13-18)33(37)38/h5-14H,4,15H2,1-3H3. The lowest BCUT2D eigenvalue weighted by Gasteiger charge is -2.15. The van der Waals surface area contributed by atoms with Crippen LogP contribution in [-0.2, 0) is 11.3 Å². The molecular formula is C28H23N5O7. The fraction of sp³-hybridized carbons (Fsp3) is 0.179. The monoisotopic (exact) mass is 541 g/mol. The highest BCUT2D eigenvalue weighted by atomic mass is 16.6. The van der Waals surface area contributed by atoms with Crippen molar-refractivity contribution in [1.29, 1.82) is 0 Å². The number of pyridine rings is 2. The number of hydrogen-bond donors (Lipinski definition) is 0. The Kier molecular flexibility index (Phi) is 6.82. The van der Waals surface area contributed by atoms with Gasteiger partial charge >= 0.3 is 5.97 Å². The number of benzene rings is 1. The van der Waals surface area contributed by atoms with Crippen LogP contribution in [0.5, 0.6) is 0 Å². The average Bonchev–Trinajstić information content (AvgIpc) is 3.44. The molecule has 40 heavy (non-hydrogen) atoms. The lowest BCUT2D eigenvalue weighted by Crippen LogP contribution is -2.33. The van der Waals surface area contributed by atoms with Crippen molar-refractivity contribution in [2.75, 3.05) is 6.61 Å². The van der Waals surface area contributed by atoms with Crippen molar-refractivity contribution in [3.63, 3.8) is 0 Å². The second-order valence-corrected chi connectivity index (χ2v) is 8.98. The molecule has 0 spiro atoms. The second-order valence-electron chi connectivity index (χ2n) is 8.98. The molecule has 0 aliphatic carbocycles. The Hall–Kier alpha value is -5.39. The predicted molar refractivity (Wildman–Crippen MR) is 143 cm³/mol. The summed E-state index contributed by atoms with van der Waals surface area (Å²) in [5.41, 5.74) is 0.608. The van der Waals surface area contributed by atoms with Crippen molar-refractivity contribution in [2.24, 2.45) is 4.99 Å². The number of nitrogens with zero attached hydrogens (tertiary/aromatic N) is 5. The van der Waals surface area contributed by atoms with Gasteiger partial charge in [0.1, 0.15) is 22.6 Å². The number of carbonyl (C=O) groups excluding carboxylic acids is 2. The van der Waals surface area contributed by atoms with Gasteiger partial charge in [-0.3, -0.25) is 24.1 Å². The highest BCUT2D eigenvalue weighted by molar-refractivity contribution is 5.97. The van der Waals surface area contributed by atoms with Crippen LogP contribution >= 0.6 is 0 Å². The molecule has 0 aliphatic rings. The number of aryl methyl sites for hydroxylation is 2. The number of nitro groups is 1. The minimum absolute atomic E-state index is 0.0285. The molecule has 0 radical (unpaired) electrons. The minimum atomic E-state index is -0.838. The van der Waals surface area contributed by atoms with Gasteiger partial charge in [0, 0.05) is 23.4 Å². The predicted octanol–water partition coefficient (Wildman–Crippen LogP) is 3.73. The number of amides is 1. The van der Waals surface area contributed by atoms with E-state index in [2.05, 4.69) is 4.99 Å². The van der Waals surface area contributed by atoms with E-state index in [4.69, 9.17) is 14.1 Å².